The zero-order chi connectivity index (χ0) is 13.7. The number of aliphatic hydroxyl groups is 1. The minimum atomic E-state index is -2.90. The highest BCUT2D eigenvalue weighted by molar-refractivity contribution is 7.91. The van der Waals surface area contributed by atoms with E-state index < -0.39 is 9.84 Å². The van der Waals surface area contributed by atoms with Gasteiger partial charge in [0.1, 0.15) is 0 Å². The van der Waals surface area contributed by atoms with Crippen LogP contribution < -0.4 is 5.32 Å². The third-order valence-corrected chi connectivity index (χ3v) is 5.30. The molecule has 5 heteroatoms. The van der Waals surface area contributed by atoms with Gasteiger partial charge in [0.2, 0.25) is 0 Å². The van der Waals surface area contributed by atoms with E-state index >= 15 is 0 Å². The van der Waals surface area contributed by atoms with Gasteiger partial charge in [0, 0.05) is 12.1 Å². The lowest BCUT2D eigenvalue weighted by Crippen LogP contribution is -2.47. The molecule has 4 nitrogen and oxygen atoms in total. The van der Waals surface area contributed by atoms with Gasteiger partial charge in [0.15, 0.2) is 9.84 Å². The first-order chi connectivity index (χ1) is 9.09. The van der Waals surface area contributed by atoms with Crippen LogP contribution >= 0.6 is 0 Å². The molecule has 0 saturated carbocycles. The number of nitrogens with one attached hydrogen (secondary N) is 1. The number of aliphatic hydroxyl groups excluding tert-OH is 1. The summed E-state index contributed by atoms with van der Waals surface area (Å²) in [4.78, 5) is 0. The van der Waals surface area contributed by atoms with Crippen molar-refractivity contribution in [3.8, 4) is 0 Å². The summed E-state index contributed by atoms with van der Waals surface area (Å²) < 4.78 is 23.2. The topological polar surface area (TPSA) is 66.4 Å². The monoisotopic (exact) mass is 283 g/mol. The van der Waals surface area contributed by atoms with Crippen LogP contribution in [0.5, 0.6) is 0 Å². The van der Waals surface area contributed by atoms with E-state index in [0.29, 0.717) is 18.6 Å². The van der Waals surface area contributed by atoms with Crippen LogP contribution in [0.15, 0.2) is 30.3 Å². The number of hydrogen-bond acceptors (Lipinski definition) is 4. The highest BCUT2D eigenvalue weighted by atomic mass is 32.2. The maximum atomic E-state index is 11.6. The molecular formula is C14H21NO3S. The predicted octanol–water partition coefficient (Wildman–Crippen LogP) is 0.757. The SMILES string of the molecule is O=S1(=O)CCCC(NC(CO)Cc2ccccc2)C1. The molecule has 2 rings (SSSR count). The lowest BCUT2D eigenvalue weighted by molar-refractivity contribution is 0.229. The highest BCUT2D eigenvalue weighted by Gasteiger charge is 2.26. The smallest absolute Gasteiger partial charge is 0.151 e. The van der Waals surface area contributed by atoms with Gasteiger partial charge >= 0.3 is 0 Å². The molecule has 1 aromatic rings. The Morgan fingerprint density at radius 1 is 1.32 bits per heavy atom. The summed E-state index contributed by atoms with van der Waals surface area (Å²) in [6.07, 6.45) is 2.29. The second kappa shape index (κ2) is 6.50. The normalized spacial score (nSPS) is 23.9. The van der Waals surface area contributed by atoms with E-state index in [0.717, 1.165) is 12.0 Å². The van der Waals surface area contributed by atoms with Gasteiger partial charge in [0.25, 0.3) is 0 Å². The highest BCUT2D eigenvalue weighted by Crippen LogP contribution is 2.13. The van der Waals surface area contributed by atoms with Crippen molar-refractivity contribution < 1.29 is 13.5 Å². The average molecular weight is 283 g/mol. The van der Waals surface area contributed by atoms with Gasteiger partial charge in [-0.25, -0.2) is 8.42 Å². The first-order valence-corrected chi connectivity index (χ1v) is 8.52. The van der Waals surface area contributed by atoms with E-state index in [1.807, 2.05) is 30.3 Å². The number of sulfone groups is 1. The van der Waals surface area contributed by atoms with Gasteiger partial charge < -0.3 is 10.4 Å². The van der Waals surface area contributed by atoms with Crippen LogP contribution in [0.3, 0.4) is 0 Å². The van der Waals surface area contributed by atoms with Crippen molar-refractivity contribution in [1.29, 1.82) is 0 Å². The molecule has 1 aliphatic heterocycles. The minimum Gasteiger partial charge on any atom is -0.395 e. The lowest BCUT2D eigenvalue weighted by atomic mass is 10.0. The largest absolute Gasteiger partial charge is 0.395 e. The summed E-state index contributed by atoms with van der Waals surface area (Å²) in [6, 6.07) is 9.81. The van der Waals surface area contributed by atoms with Crippen LogP contribution in [0.25, 0.3) is 0 Å². The van der Waals surface area contributed by atoms with E-state index in [1.54, 1.807) is 0 Å². The van der Waals surface area contributed by atoms with Crippen LogP contribution in [0.4, 0.5) is 0 Å². The maximum Gasteiger partial charge on any atom is 0.151 e. The second-order valence-corrected chi connectivity index (χ2v) is 7.42. The minimum absolute atomic E-state index is 0.0193. The van der Waals surface area contributed by atoms with Crippen molar-refractivity contribution in [2.24, 2.45) is 0 Å². The van der Waals surface area contributed by atoms with Crippen molar-refractivity contribution in [3.63, 3.8) is 0 Å². The van der Waals surface area contributed by atoms with Crippen LogP contribution in [0.2, 0.25) is 0 Å². The fraction of sp³-hybridized carbons (Fsp3) is 0.571. The molecule has 1 heterocycles. The van der Waals surface area contributed by atoms with Crippen LogP contribution in [0.1, 0.15) is 18.4 Å². The van der Waals surface area contributed by atoms with Crippen molar-refractivity contribution in [2.75, 3.05) is 18.1 Å². The number of rotatable bonds is 5. The Kier molecular flexibility index (Phi) is 4.96. The summed E-state index contributed by atoms with van der Waals surface area (Å²) in [5.41, 5.74) is 1.15. The predicted molar refractivity (Wildman–Crippen MR) is 75.8 cm³/mol. The van der Waals surface area contributed by atoms with E-state index in [4.69, 9.17) is 0 Å². The Bertz CT molecular complexity index is 487. The molecule has 106 valence electrons. The van der Waals surface area contributed by atoms with E-state index in [1.165, 1.54) is 0 Å². The summed E-state index contributed by atoms with van der Waals surface area (Å²) in [5, 5.41) is 12.7. The Morgan fingerprint density at radius 2 is 2.05 bits per heavy atom. The van der Waals surface area contributed by atoms with Crippen molar-refractivity contribution in [3.05, 3.63) is 35.9 Å². The third-order valence-electron chi connectivity index (χ3n) is 3.48. The molecule has 1 aromatic carbocycles. The molecule has 1 fully saturated rings. The number of benzene rings is 1. The van der Waals surface area contributed by atoms with Gasteiger partial charge in [-0.15, -0.1) is 0 Å². The van der Waals surface area contributed by atoms with Gasteiger partial charge in [0.05, 0.1) is 18.1 Å². The first-order valence-electron chi connectivity index (χ1n) is 6.70. The lowest BCUT2D eigenvalue weighted by Gasteiger charge is -2.27. The van der Waals surface area contributed by atoms with Crippen LogP contribution in [-0.4, -0.2) is 43.7 Å². The summed E-state index contributed by atoms with van der Waals surface area (Å²) in [5.74, 6) is 0.492. The molecule has 0 aromatic heterocycles. The van der Waals surface area contributed by atoms with Gasteiger partial charge in [-0.05, 0) is 24.8 Å². The zero-order valence-electron chi connectivity index (χ0n) is 11.0. The fourth-order valence-corrected chi connectivity index (χ4v) is 4.21. The zero-order valence-corrected chi connectivity index (χ0v) is 11.8. The molecule has 2 unspecified atom stereocenters. The Hall–Kier alpha value is -0.910. The van der Waals surface area contributed by atoms with Crippen molar-refractivity contribution in [1.82, 2.24) is 5.32 Å². The molecule has 1 aliphatic rings. The second-order valence-electron chi connectivity index (χ2n) is 5.19. The maximum absolute atomic E-state index is 11.6. The molecule has 0 aliphatic carbocycles. The molecule has 1 saturated heterocycles. The third kappa shape index (κ3) is 4.60. The average Bonchev–Trinajstić information content (AvgIpc) is 2.38. The van der Waals surface area contributed by atoms with Crippen molar-refractivity contribution >= 4 is 9.84 Å². The Labute approximate surface area is 114 Å². The molecule has 0 radical (unpaired) electrons. The molecule has 19 heavy (non-hydrogen) atoms. The molecule has 0 amide bonds. The van der Waals surface area contributed by atoms with E-state index in [-0.39, 0.29) is 24.4 Å². The molecule has 0 bridgehead atoms. The standard InChI is InChI=1S/C14H21NO3S/c16-10-14(9-12-5-2-1-3-6-12)15-13-7-4-8-19(17,18)11-13/h1-3,5-6,13-16H,4,7-11H2. The number of hydrogen-bond donors (Lipinski definition) is 2. The van der Waals surface area contributed by atoms with E-state index in [2.05, 4.69) is 5.32 Å². The van der Waals surface area contributed by atoms with Gasteiger partial charge in [-0.2, -0.15) is 0 Å². The van der Waals surface area contributed by atoms with Crippen LogP contribution in [0, 0.1) is 0 Å². The quantitative estimate of drug-likeness (QED) is 0.837. The van der Waals surface area contributed by atoms with E-state index in [9.17, 15) is 13.5 Å². The summed E-state index contributed by atoms with van der Waals surface area (Å²) >= 11 is 0. The summed E-state index contributed by atoms with van der Waals surface area (Å²) in [7, 11) is -2.90. The van der Waals surface area contributed by atoms with Gasteiger partial charge in [-0.3, -0.25) is 0 Å². The van der Waals surface area contributed by atoms with Crippen molar-refractivity contribution in [2.45, 2.75) is 31.3 Å². The van der Waals surface area contributed by atoms with Gasteiger partial charge in [-0.1, -0.05) is 30.3 Å². The molecule has 0 spiro atoms. The first kappa shape index (κ1) is 14.5. The molecule has 2 atom stereocenters. The Morgan fingerprint density at radius 3 is 2.68 bits per heavy atom. The summed E-state index contributed by atoms with van der Waals surface area (Å²) in [6.45, 7) is 0.0193. The molecular weight excluding hydrogens is 262 g/mol. The van der Waals surface area contributed by atoms with Crippen LogP contribution in [-0.2, 0) is 16.3 Å². The molecule has 2 N–H and O–H groups in total. The Balaban J connectivity index is 1.92. The fourth-order valence-electron chi connectivity index (χ4n) is 2.56.